The average Bonchev–Trinajstić information content (AvgIpc) is 3.17. The lowest BCUT2D eigenvalue weighted by molar-refractivity contribution is 0.0917. The van der Waals surface area contributed by atoms with Gasteiger partial charge < -0.3 is 5.32 Å². The first-order chi connectivity index (χ1) is 14.0. The Morgan fingerprint density at radius 3 is 2.55 bits per heavy atom. The largest absolute Gasteiger partial charge is 0.347 e. The molecule has 0 radical (unpaired) electrons. The number of aromatic nitrogens is 3. The number of hydrogen-bond donors (Lipinski definition) is 1. The van der Waals surface area contributed by atoms with Crippen molar-refractivity contribution in [1.29, 1.82) is 0 Å². The van der Waals surface area contributed by atoms with Crippen LogP contribution in [0.25, 0.3) is 17.1 Å². The standard InChI is InChI=1S/C22H22ClFN4O/c1-14-7-12-18(13-19(14)23)28-21(15-8-10-16(24)11-9-15)26-20(27-28)22(29)25-17-5-3-2-4-6-17/h7-13,17H,2-6H2,1H3,(H,25,29). The molecule has 0 spiro atoms. The molecule has 1 saturated carbocycles. The number of benzene rings is 2. The molecular formula is C22H22ClFN4O. The van der Waals surface area contributed by atoms with Gasteiger partial charge in [-0.05, 0) is 61.7 Å². The van der Waals surface area contributed by atoms with E-state index in [1.807, 2.05) is 19.1 Å². The van der Waals surface area contributed by atoms with E-state index in [0.29, 0.717) is 22.1 Å². The third-order valence-corrected chi connectivity index (χ3v) is 5.66. The molecule has 1 amide bonds. The van der Waals surface area contributed by atoms with E-state index in [1.165, 1.54) is 18.6 Å². The van der Waals surface area contributed by atoms with Gasteiger partial charge in [0.15, 0.2) is 5.82 Å². The fourth-order valence-electron chi connectivity index (χ4n) is 3.58. The Labute approximate surface area is 173 Å². The van der Waals surface area contributed by atoms with E-state index in [2.05, 4.69) is 15.4 Å². The minimum Gasteiger partial charge on any atom is -0.347 e. The summed E-state index contributed by atoms with van der Waals surface area (Å²) in [6.45, 7) is 1.91. The fraction of sp³-hybridized carbons (Fsp3) is 0.318. The number of nitrogens with zero attached hydrogens (tertiary/aromatic N) is 3. The quantitative estimate of drug-likeness (QED) is 0.648. The number of hydrogen-bond acceptors (Lipinski definition) is 3. The molecule has 4 rings (SSSR count). The zero-order chi connectivity index (χ0) is 20.4. The minimum atomic E-state index is -0.339. The van der Waals surface area contributed by atoms with E-state index in [1.54, 1.807) is 22.9 Å². The summed E-state index contributed by atoms with van der Waals surface area (Å²) >= 11 is 6.29. The van der Waals surface area contributed by atoms with Gasteiger partial charge in [-0.2, -0.15) is 0 Å². The van der Waals surface area contributed by atoms with Crippen LogP contribution in [0.4, 0.5) is 4.39 Å². The summed E-state index contributed by atoms with van der Waals surface area (Å²) in [5.74, 6) is -0.0870. The Morgan fingerprint density at radius 2 is 1.86 bits per heavy atom. The van der Waals surface area contributed by atoms with E-state index in [-0.39, 0.29) is 23.6 Å². The highest BCUT2D eigenvalue weighted by molar-refractivity contribution is 6.31. The van der Waals surface area contributed by atoms with Crippen LogP contribution in [-0.2, 0) is 0 Å². The predicted molar refractivity (Wildman–Crippen MR) is 111 cm³/mol. The summed E-state index contributed by atoms with van der Waals surface area (Å²) < 4.78 is 15.0. The van der Waals surface area contributed by atoms with Crippen LogP contribution in [0.1, 0.15) is 48.3 Å². The molecule has 0 aliphatic heterocycles. The number of nitrogens with one attached hydrogen (secondary N) is 1. The Hall–Kier alpha value is -2.73. The van der Waals surface area contributed by atoms with Crippen LogP contribution in [0.2, 0.25) is 5.02 Å². The van der Waals surface area contributed by atoms with Crippen molar-refractivity contribution in [2.24, 2.45) is 0 Å². The summed E-state index contributed by atoms with van der Waals surface area (Å²) in [7, 11) is 0. The van der Waals surface area contributed by atoms with Gasteiger partial charge in [0.25, 0.3) is 5.91 Å². The molecule has 0 atom stereocenters. The van der Waals surface area contributed by atoms with E-state index >= 15 is 0 Å². The molecular weight excluding hydrogens is 391 g/mol. The Morgan fingerprint density at radius 1 is 1.14 bits per heavy atom. The van der Waals surface area contributed by atoms with Gasteiger partial charge in [-0.3, -0.25) is 4.79 Å². The highest BCUT2D eigenvalue weighted by Gasteiger charge is 2.22. The molecule has 5 nitrogen and oxygen atoms in total. The van der Waals surface area contributed by atoms with E-state index in [9.17, 15) is 9.18 Å². The number of carbonyl (C=O) groups excluding carboxylic acids is 1. The van der Waals surface area contributed by atoms with Crippen molar-refractivity contribution in [3.63, 3.8) is 0 Å². The molecule has 0 unspecified atom stereocenters. The summed E-state index contributed by atoms with van der Waals surface area (Å²) in [5.41, 5.74) is 2.28. The van der Waals surface area contributed by atoms with Gasteiger partial charge in [0.1, 0.15) is 5.82 Å². The Kier molecular flexibility index (Phi) is 5.62. The van der Waals surface area contributed by atoms with Crippen LogP contribution < -0.4 is 5.32 Å². The SMILES string of the molecule is Cc1ccc(-n2nc(C(=O)NC3CCCCC3)nc2-c2ccc(F)cc2)cc1Cl. The minimum absolute atomic E-state index is 0.0894. The number of carbonyl (C=O) groups is 1. The molecule has 1 aliphatic carbocycles. The zero-order valence-corrected chi connectivity index (χ0v) is 16.9. The fourth-order valence-corrected chi connectivity index (χ4v) is 3.76. The Bertz CT molecular complexity index is 1030. The van der Waals surface area contributed by atoms with Crippen LogP contribution in [0.3, 0.4) is 0 Å². The second-order valence-corrected chi connectivity index (χ2v) is 7.83. The number of rotatable bonds is 4. The van der Waals surface area contributed by atoms with Crippen molar-refractivity contribution in [2.45, 2.75) is 45.1 Å². The summed E-state index contributed by atoms with van der Waals surface area (Å²) in [6, 6.07) is 11.6. The smallest absolute Gasteiger partial charge is 0.291 e. The first-order valence-corrected chi connectivity index (χ1v) is 10.2. The van der Waals surface area contributed by atoms with Crippen LogP contribution in [0.15, 0.2) is 42.5 Å². The maximum Gasteiger partial charge on any atom is 0.291 e. The monoisotopic (exact) mass is 412 g/mol. The summed E-state index contributed by atoms with van der Waals surface area (Å²) in [4.78, 5) is 17.3. The third-order valence-electron chi connectivity index (χ3n) is 5.25. The first-order valence-electron chi connectivity index (χ1n) is 9.81. The maximum atomic E-state index is 13.4. The highest BCUT2D eigenvalue weighted by atomic mass is 35.5. The third kappa shape index (κ3) is 4.32. The molecule has 2 aromatic carbocycles. The predicted octanol–water partition coefficient (Wildman–Crippen LogP) is 5.10. The Balaban J connectivity index is 1.72. The van der Waals surface area contributed by atoms with Crippen LogP contribution >= 0.6 is 11.6 Å². The molecule has 1 aromatic heterocycles. The average molecular weight is 413 g/mol. The normalized spacial score (nSPS) is 14.7. The van der Waals surface area contributed by atoms with E-state index in [4.69, 9.17) is 11.6 Å². The lowest BCUT2D eigenvalue weighted by Gasteiger charge is -2.21. The molecule has 1 fully saturated rings. The van der Waals surface area contributed by atoms with E-state index in [0.717, 1.165) is 31.2 Å². The zero-order valence-electron chi connectivity index (χ0n) is 16.2. The van der Waals surface area contributed by atoms with Crippen molar-refractivity contribution < 1.29 is 9.18 Å². The number of halogens is 2. The lowest BCUT2D eigenvalue weighted by Crippen LogP contribution is -2.36. The van der Waals surface area contributed by atoms with Crippen LogP contribution in [0, 0.1) is 12.7 Å². The highest BCUT2D eigenvalue weighted by Crippen LogP contribution is 2.25. The second-order valence-electron chi connectivity index (χ2n) is 7.42. The molecule has 1 aliphatic rings. The van der Waals surface area contributed by atoms with Gasteiger partial charge in [0, 0.05) is 16.6 Å². The van der Waals surface area contributed by atoms with Gasteiger partial charge >= 0.3 is 0 Å². The molecule has 3 aromatic rings. The van der Waals surface area contributed by atoms with Crippen molar-refractivity contribution in [3.05, 3.63) is 64.7 Å². The molecule has 1 N–H and O–H groups in total. The van der Waals surface area contributed by atoms with Crippen molar-refractivity contribution in [3.8, 4) is 17.1 Å². The van der Waals surface area contributed by atoms with Gasteiger partial charge in [-0.1, -0.05) is 36.9 Å². The van der Waals surface area contributed by atoms with Crippen LogP contribution in [-0.4, -0.2) is 26.7 Å². The maximum absolute atomic E-state index is 13.4. The molecule has 0 saturated heterocycles. The van der Waals surface area contributed by atoms with Gasteiger partial charge in [0.05, 0.1) is 5.69 Å². The van der Waals surface area contributed by atoms with Crippen LogP contribution in [0.5, 0.6) is 0 Å². The van der Waals surface area contributed by atoms with Gasteiger partial charge in [0.2, 0.25) is 5.82 Å². The molecule has 1 heterocycles. The molecule has 7 heteroatoms. The van der Waals surface area contributed by atoms with Crippen molar-refractivity contribution >= 4 is 17.5 Å². The topological polar surface area (TPSA) is 59.8 Å². The number of amides is 1. The first kappa shape index (κ1) is 19.6. The molecule has 0 bridgehead atoms. The lowest BCUT2D eigenvalue weighted by atomic mass is 9.95. The van der Waals surface area contributed by atoms with E-state index < -0.39 is 0 Å². The molecule has 29 heavy (non-hydrogen) atoms. The summed E-state index contributed by atoms with van der Waals surface area (Å²) in [5, 5.41) is 8.10. The van der Waals surface area contributed by atoms with Gasteiger partial charge in [-0.15, -0.1) is 5.10 Å². The molecule has 150 valence electrons. The summed E-state index contributed by atoms with van der Waals surface area (Å²) in [6.07, 6.45) is 5.41. The second kappa shape index (κ2) is 8.33. The van der Waals surface area contributed by atoms with Crippen molar-refractivity contribution in [2.75, 3.05) is 0 Å². The van der Waals surface area contributed by atoms with Crippen molar-refractivity contribution in [1.82, 2.24) is 20.1 Å². The number of aryl methyl sites for hydroxylation is 1. The van der Waals surface area contributed by atoms with Gasteiger partial charge in [-0.25, -0.2) is 14.1 Å².